The van der Waals surface area contributed by atoms with Crippen LogP contribution in [0.5, 0.6) is 0 Å². The molecule has 1 aliphatic heterocycles. The molecule has 6 heteroatoms. The van der Waals surface area contributed by atoms with Gasteiger partial charge in [0.05, 0.1) is 6.26 Å². The number of hydrogen-bond acceptors (Lipinski definition) is 4. The third-order valence-electron chi connectivity index (χ3n) is 6.65. The highest BCUT2D eigenvalue weighted by Crippen LogP contribution is 2.43. The first-order chi connectivity index (χ1) is 13.9. The van der Waals surface area contributed by atoms with E-state index in [1.807, 2.05) is 12.1 Å². The lowest BCUT2D eigenvalue weighted by Gasteiger charge is -2.43. The highest BCUT2D eigenvalue weighted by Gasteiger charge is 2.43. The number of carbonyl (C=O) groups is 2. The van der Waals surface area contributed by atoms with E-state index in [4.69, 9.17) is 11.6 Å². The van der Waals surface area contributed by atoms with Gasteiger partial charge in [0.2, 0.25) is 0 Å². The molecule has 2 aliphatic rings. The number of benzene rings is 1. The topological polar surface area (TPSA) is 77.8 Å². The van der Waals surface area contributed by atoms with Gasteiger partial charge in [-0.05, 0) is 68.8 Å². The van der Waals surface area contributed by atoms with Crippen LogP contribution in [0.1, 0.15) is 50.5 Å². The van der Waals surface area contributed by atoms with E-state index in [2.05, 4.69) is 4.90 Å². The van der Waals surface area contributed by atoms with E-state index in [-0.39, 0.29) is 5.57 Å². The van der Waals surface area contributed by atoms with Crippen LogP contribution in [0.15, 0.2) is 36.1 Å². The van der Waals surface area contributed by atoms with Gasteiger partial charge < -0.3 is 15.1 Å². The van der Waals surface area contributed by atoms with E-state index in [0.717, 1.165) is 37.4 Å². The van der Waals surface area contributed by atoms with Crippen molar-refractivity contribution in [1.82, 2.24) is 4.90 Å². The first kappa shape index (κ1) is 21.8. The largest absolute Gasteiger partial charge is 0.515 e. The van der Waals surface area contributed by atoms with Gasteiger partial charge in [0, 0.05) is 22.6 Å². The van der Waals surface area contributed by atoms with E-state index in [1.54, 1.807) is 12.1 Å². The number of nitrogens with zero attached hydrogens (tertiary/aromatic N) is 1. The predicted molar refractivity (Wildman–Crippen MR) is 113 cm³/mol. The lowest BCUT2D eigenvalue weighted by Crippen LogP contribution is -2.46. The molecule has 0 spiro atoms. The van der Waals surface area contributed by atoms with Crippen molar-refractivity contribution in [3.8, 4) is 0 Å². The van der Waals surface area contributed by atoms with Crippen LogP contribution >= 0.6 is 11.6 Å². The molecule has 1 aliphatic carbocycles. The van der Waals surface area contributed by atoms with Gasteiger partial charge in [0.15, 0.2) is 0 Å². The maximum absolute atomic E-state index is 12.4. The summed E-state index contributed by atoms with van der Waals surface area (Å²) in [5, 5.41) is 19.7. The van der Waals surface area contributed by atoms with Gasteiger partial charge in [-0.15, -0.1) is 0 Å². The zero-order chi connectivity index (χ0) is 20.9. The minimum atomic E-state index is -1.52. The molecule has 1 saturated heterocycles. The molecule has 1 saturated carbocycles. The second-order valence-electron chi connectivity index (χ2n) is 8.57. The molecule has 0 bridgehead atoms. The van der Waals surface area contributed by atoms with Crippen molar-refractivity contribution < 1.29 is 19.8 Å². The first-order valence-corrected chi connectivity index (χ1v) is 10.9. The van der Waals surface area contributed by atoms with Crippen molar-refractivity contribution in [2.24, 2.45) is 11.3 Å². The number of aliphatic hydroxyl groups excluding tert-OH is 1. The van der Waals surface area contributed by atoms with Gasteiger partial charge in [-0.25, -0.2) is 4.79 Å². The van der Waals surface area contributed by atoms with Crippen LogP contribution < -0.4 is 0 Å². The summed E-state index contributed by atoms with van der Waals surface area (Å²) >= 11 is 5.99. The minimum Gasteiger partial charge on any atom is -0.515 e. The number of carboxylic acid groups (broad SMARTS) is 1. The first-order valence-electron chi connectivity index (χ1n) is 10.5. The molecule has 2 fully saturated rings. The zero-order valence-corrected chi connectivity index (χ0v) is 17.5. The number of halogens is 1. The van der Waals surface area contributed by atoms with E-state index in [0.29, 0.717) is 24.3 Å². The van der Waals surface area contributed by atoms with Crippen molar-refractivity contribution in [3.63, 3.8) is 0 Å². The van der Waals surface area contributed by atoms with E-state index in [9.17, 15) is 19.8 Å². The maximum Gasteiger partial charge on any atom is 0.377 e. The fourth-order valence-electron chi connectivity index (χ4n) is 4.98. The summed E-state index contributed by atoms with van der Waals surface area (Å²) in [6.45, 7) is 2.67. The summed E-state index contributed by atoms with van der Waals surface area (Å²) < 4.78 is 0. The highest BCUT2D eigenvalue weighted by atomic mass is 35.5. The van der Waals surface area contributed by atoms with Gasteiger partial charge in [0.25, 0.3) is 5.78 Å². The van der Waals surface area contributed by atoms with Crippen LogP contribution in [0, 0.1) is 11.3 Å². The average molecular weight is 420 g/mol. The summed E-state index contributed by atoms with van der Waals surface area (Å²) in [6.07, 6.45) is 9.05. The van der Waals surface area contributed by atoms with Crippen molar-refractivity contribution in [3.05, 3.63) is 46.7 Å². The molecule has 158 valence electrons. The molecule has 1 aromatic carbocycles. The van der Waals surface area contributed by atoms with E-state index in [1.165, 1.54) is 32.1 Å². The Morgan fingerprint density at radius 1 is 1.10 bits per heavy atom. The summed E-state index contributed by atoms with van der Waals surface area (Å²) in [6, 6.07) is 7.39. The molecule has 0 unspecified atom stereocenters. The van der Waals surface area contributed by atoms with Gasteiger partial charge in [-0.3, -0.25) is 4.79 Å². The van der Waals surface area contributed by atoms with Crippen LogP contribution in [0.4, 0.5) is 0 Å². The van der Waals surface area contributed by atoms with Crippen LogP contribution in [0.25, 0.3) is 0 Å². The third-order valence-corrected chi connectivity index (χ3v) is 6.90. The number of Topliss-reactive ketones (excluding diaryl/α,β-unsaturated/α-hetero) is 1. The Bertz CT molecular complexity index is 745. The number of carbonyl (C=O) groups excluding carboxylic acids is 1. The minimum absolute atomic E-state index is 0.0114. The lowest BCUT2D eigenvalue weighted by atomic mass is 9.67. The van der Waals surface area contributed by atoms with Gasteiger partial charge in [-0.2, -0.15) is 0 Å². The summed E-state index contributed by atoms with van der Waals surface area (Å²) in [5.41, 5.74) is 0.311. The predicted octanol–water partition coefficient (Wildman–Crippen LogP) is 4.64. The molecule has 1 heterocycles. The highest BCUT2D eigenvalue weighted by molar-refractivity contribution is 6.40. The van der Waals surface area contributed by atoms with Gasteiger partial charge >= 0.3 is 5.97 Å². The second kappa shape index (κ2) is 9.77. The Balaban J connectivity index is 1.77. The quantitative estimate of drug-likeness (QED) is 0.382. The van der Waals surface area contributed by atoms with Crippen LogP contribution in [0.2, 0.25) is 5.02 Å². The molecular formula is C23H30ClNO4. The van der Waals surface area contributed by atoms with Crippen molar-refractivity contribution >= 4 is 23.4 Å². The molecule has 5 nitrogen and oxygen atoms in total. The SMILES string of the molecule is O=C(O)C(=O)C(=CO)C1(Cc2ccc(Cl)cc2)CCN(CC2CCCCC2)CC1. The number of ketones is 1. The molecule has 2 N–H and O–H groups in total. The number of hydrogen-bond donors (Lipinski definition) is 2. The number of aliphatic hydroxyl groups is 1. The fourth-order valence-corrected chi connectivity index (χ4v) is 5.11. The Morgan fingerprint density at radius 2 is 1.72 bits per heavy atom. The Morgan fingerprint density at radius 3 is 2.28 bits per heavy atom. The third kappa shape index (κ3) is 5.40. The standard InChI is InChI=1S/C23H30ClNO4/c24-19-8-6-17(7-9-19)14-23(20(16-26)21(27)22(28)29)10-12-25(13-11-23)15-18-4-2-1-3-5-18/h6-9,16,18,26H,1-5,10-15H2,(H,28,29). The zero-order valence-electron chi connectivity index (χ0n) is 16.8. The van der Waals surface area contributed by atoms with Gasteiger partial charge in [-0.1, -0.05) is 43.0 Å². The molecule has 0 radical (unpaired) electrons. The molecule has 0 atom stereocenters. The smallest absolute Gasteiger partial charge is 0.377 e. The van der Waals surface area contributed by atoms with Crippen LogP contribution in [-0.4, -0.2) is 46.5 Å². The maximum atomic E-state index is 12.4. The summed E-state index contributed by atoms with van der Waals surface area (Å²) in [7, 11) is 0. The van der Waals surface area contributed by atoms with Crippen LogP contribution in [-0.2, 0) is 16.0 Å². The Hall–Kier alpha value is -1.85. The van der Waals surface area contributed by atoms with Crippen LogP contribution in [0.3, 0.4) is 0 Å². The Labute approximate surface area is 177 Å². The lowest BCUT2D eigenvalue weighted by molar-refractivity contribution is -0.148. The number of likely N-dealkylation sites (tertiary alicyclic amines) is 1. The fraction of sp³-hybridized carbons (Fsp3) is 0.565. The summed E-state index contributed by atoms with van der Waals surface area (Å²) in [4.78, 5) is 26.2. The molecule has 1 aromatic rings. The number of piperidine rings is 1. The molecule has 29 heavy (non-hydrogen) atoms. The van der Waals surface area contributed by atoms with Gasteiger partial charge in [0.1, 0.15) is 0 Å². The molecule has 0 aromatic heterocycles. The molecule has 0 amide bonds. The van der Waals surface area contributed by atoms with Crippen molar-refractivity contribution in [2.75, 3.05) is 19.6 Å². The number of aliphatic carboxylic acids is 1. The molecule has 3 rings (SSSR count). The average Bonchev–Trinajstić information content (AvgIpc) is 2.72. The van der Waals surface area contributed by atoms with Crippen molar-refractivity contribution in [1.29, 1.82) is 0 Å². The monoisotopic (exact) mass is 419 g/mol. The van der Waals surface area contributed by atoms with Crippen molar-refractivity contribution in [2.45, 2.75) is 51.4 Å². The second-order valence-corrected chi connectivity index (χ2v) is 9.00. The number of carboxylic acids is 1. The Kier molecular flexibility index (Phi) is 7.36. The van der Waals surface area contributed by atoms with E-state index < -0.39 is 17.2 Å². The molecular weight excluding hydrogens is 390 g/mol. The van der Waals surface area contributed by atoms with E-state index >= 15 is 0 Å². The summed E-state index contributed by atoms with van der Waals surface area (Å²) in [5.74, 6) is -1.80. The normalized spacial score (nSPS) is 21.1. The number of rotatable bonds is 7.